The minimum Gasteiger partial charge on any atom is -0.463 e. The summed E-state index contributed by atoms with van der Waals surface area (Å²) in [6, 6.07) is 14.0. The van der Waals surface area contributed by atoms with E-state index in [1.54, 1.807) is 43.1 Å². The zero-order valence-corrected chi connectivity index (χ0v) is 19.3. The largest absolute Gasteiger partial charge is 0.463 e. The molecule has 1 heterocycles. The SMILES string of the molecule is CCOC(=O)C1=C(C)N(C)C(=S)NC1c1cccc(NC(=O)c2cccc(Br)c2)c1. The lowest BCUT2D eigenvalue weighted by Crippen LogP contribution is -2.46. The number of carbonyl (C=O) groups is 2. The zero-order chi connectivity index (χ0) is 21.8. The predicted octanol–water partition coefficient (Wildman–Crippen LogP) is 4.40. The molecule has 0 saturated carbocycles. The predicted molar refractivity (Wildman–Crippen MR) is 124 cm³/mol. The molecule has 0 aromatic heterocycles. The molecule has 2 aromatic rings. The molecule has 8 heteroatoms. The molecule has 1 unspecified atom stereocenters. The molecule has 0 aliphatic carbocycles. The summed E-state index contributed by atoms with van der Waals surface area (Å²) < 4.78 is 6.10. The number of anilines is 1. The molecule has 156 valence electrons. The number of nitrogens with zero attached hydrogens (tertiary/aromatic N) is 1. The second kappa shape index (κ2) is 9.40. The highest BCUT2D eigenvalue weighted by Crippen LogP contribution is 2.32. The number of rotatable bonds is 5. The van der Waals surface area contributed by atoms with Crippen molar-refractivity contribution in [1.82, 2.24) is 10.2 Å². The Kier molecular flexibility index (Phi) is 6.89. The average molecular weight is 488 g/mol. The summed E-state index contributed by atoms with van der Waals surface area (Å²) >= 11 is 8.80. The van der Waals surface area contributed by atoms with Crippen LogP contribution in [0.15, 0.2) is 64.3 Å². The number of ether oxygens (including phenoxy) is 1. The maximum Gasteiger partial charge on any atom is 0.338 e. The standard InChI is InChI=1S/C22H22BrN3O3S/c1-4-29-21(28)18-13(2)26(3)22(30)25-19(18)14-7-6-10-17(12-14)24-20(27)15-8-5-9-16(23)11-15/h5-12,19H,4H2,1-3H3,(H,24,27)(H,25,30). The summed E-state index contributed by atoms with van der Waals surface area (Å²) in [5.41, 5.74) is 3.16. The van der Waals surface area contributed by atoms with E-state index in [1.807, 2.05) is 31.2 Å². The third-order valence-electron chi connectivity index (χ3n) is 4.81. The van der Waals surface area contributed by atoms with Crippen LogP contribution in [0, 0.1) is 0 Å². The molecule has 1 amide bonds. The number of allylic oxidation sites excluding steroid dienone is 1. The lowest BCUT2D eigenvalue weighted by atomic mass is 9.95. The van der Waals surface area contributed by atoms with Gasteiger partial charge in [0.05, 0.1) is 18.2 Å². The number of thiocarbonyl (C=S) groups is 1. The molecule has 0 radical (unpaired) electrons. The average Bonchev–Trinajstić information content (AvgIpc) is 2.72. The first-order valence-electron chi connectivity index (χ1n) is 9.40. The first kappa shape index (κ1) is 22.0. The number of hydrogen-bond acceptors (Lipinski definition) is 4. The number of carbonyl (C=O) groups excluding carboxylic acids is 2. The van der Waals surface area contributed by atoms with Crippen LogP contribution in [-0.2, 0) is 9.53 Å². The molecule has 0 saturated heterocycles. The highest BCUT2D eigenvalue weighted by atomic mass is 79.9. The molecule has 2 aromatic carbocycles. The molecular formula is C22H22BrN3O3S. The van der Waals surface area contributed by atoms with Gasteiger partial charge < -0.3 is 20.3 Å². The van der Waals surface area contributed by atoms with Gasteiger partial charge in [-0.25, -0.2) is 4.79 Å². The topological polar surface area (TPSA) is 70.7 Å². The Morgan fingerprint density at radius 2 is 1.97 bits per heavy atom. The molecule has 0 fully saturated rings. The highest BCUT2D eigenvalue weighted by Gasteiger charge is 2.33. The van der Waals surface area contributed by atoms with Gasteiger partial charge in [-0.05, 0) is 62.0 Å². The van der Waals surface area contributed by atoms with Crippen molar-refractivity contribution in [3.8, 4) is 0 Å². The molecule has 3 rings (SSSR count). The van der Waals surface area contributed by atoms with Crippen LogP contribution in [0.25, 0.3) is 0 Å². The van der Waals surface area contributed by atoms with Gasteiger partial charge in [-0.3, -0.25) is 4.79 Å². The van der Waals surface area contributed by atoms with E-state index < -0.39 is 12.0 Å². The minimum atomic E-state index is -0.476. The summed E-state index contributed by atoms with van der Waals surface area (Å²) in [7, 11) is 1.80. The summed E-state index contributed by atoms with van der Waals surface area (Å²) in [4.78, 5) is 27.0. The van der Waals surface area contributed by atoms with E-state index in [4.69, 9.17) is 17.0 Å². The van der Waals surface area contributed by atoms with E-state index in [1.165, 1.54) is 0 Å². The van der Waals surface area contributed by atoms with Crippen LogP contribution in [0.3, 0.4) is 0 Å². The number of benzene rings is 2. The molecule has 30 heavy (non-hydrogen) atoms. The molecule has 6 nitrogen and oxygen atoms in total. The Hall–Kier alpha value is -2.71. The number of halogens is 1. The Balaban J connectivity index is 1.92. The van der Waals surface area contributed by atoms with Crippen molar-refractivity contribution < 1.29 is 14.3 Å². The molecule has 0 spiro atoms. The molecule has 0 bridgehead atoms. The maximum absolute atomic E-state index is 12.7. The third-order valence-corrected chi connectivity index (χ3v) is 5.70. The van der Waals surface area contributed by atoms with Gasteiger partial charge >= 0.3 is 5.97 Å². The quantitative estimate of drug-likeness (QED) is 0.481. The Morgan fingerprint density at radius 1 is 1.23 bits per heavy atom. The lowest BCUT2D eigenvalue weighted by Gasteiger charge is -2.35. The van der Waals surface area contributed by atoms with Crippen LogP contribution in [0.1, 0.15) is 35.8 Å². The summed E-state index contributed by atoms with van der Waals surface area (Å²) in [6.45, 7) is 3.88. The zero-order valence-electron chi connectivity index (χ0n) is 16.9. The van der Waals surface area contributed by atoms with Crippen LogP contribution in [0.4, 0.5) is 5.69 Å². The Bertz CT molecular complexity index is 1040. The van der Waals surface area contributed by atoms with Crippen molar-refractivity contribution >= 4 is 50.8 Å². The maximum atomic E-state index is 12.7. The van der Waals surface area contributed by atoms with Gasteiger partial charge in [-0.1, -0.05) is 34.1 Å². The fourth-order valence-electron chi connectivity index (χ4n) is 3.19. The Morgan fingerprint density at radius 3 is 2.67 bits per heavy atom. The van der Waals surface area contributed by atoms with Crippen molar-refractivity contribution in [2.45, 2.75) is 19.9 Å². The van der Waals surface area contributed by atoms with E-state index in [9.17, 15) is 9.59 Å². The van der Waals surface area contributed by atoms with Crippen molar-refractivity contribution in [2.24, 2.45) is 0 Å². The van der Waals surface area contributed by atoms with E-state index in [-0.39, 0.29) is 12.5 Å². The van der Waals surface area contributed by atoms with Gasteiger partial charge in [0.2, 0.25) is 0 Å². The molecule has 1 aliphatic heterocycles. The first-order valence-corrected chi connectivity index (χ1v) is 10.6. The molecule has 1 atom stereocenters. The normalized spacial score (nSPS) is 16.2. The fraction of sp³-hybridized carbons (Fsp3) is 0.227. The van der Waals surface area contributed by atoms with Gasteiger partial charge in [-0.2, -0.15) is 0 Å². The van der Waals surface area contributed by atoms with Crippen LogP contribution in [0.2, 0.25) is 0 Å². The Labute approximate surface area is 189 Å². The number of amides is 1. The fourth-order valence-corrected chi connectivity index (χ4v) is 3.84. The van der Waals surface area contributed by atoms with E-state index >= 15 is 0 Å². The minimum absolute atomic E-state index is 0.224. The third kappa shape index (κ3) is 4.71. The van der Waals surface area contributed by atoms with Gasteiger partial charge in [-0.15, -0.1) is 0 Å². The molecule has 1 aliphatic rings. The number of hydrogen-bond donors (Lipinski definition) is 2. The number of esters is 1. The van der Waals surface area contributed by atoms with Crippen molar-refractivity contribution in [1.29, 1.82) is 0 Å². The summed E-state index contributed by atoms with van der Waals surface area (Å²) in [5, 5.41) is 6.61. The van der Waals surface area contributed by atoms with E-state index in [0.717, 1.165) is 15.7 Å². The smallest absolute Gasteiger partial charge is 0.338 e. The summed E-state index contributed by atoms with van der Waals surface area (Å²) in [5.74, 6) is -0.622. The van der Waals surface area contributed by atoms with Gasteiger partial charge in [0.1, 0.15) is 0 Å². The summed E-state index contributed by atoms with van der Waals surface area (Å²) in [6.07, 6.45) is 0. The monoisotopic (exact) mass is 487 g/mol. The van der Waals surface area contributed by atoms with Gasteiger partial charge in [0.25, 0.3) is 5.91 Å². The van der Waals surface area contributed by atoms with Crippen LogP contribution >= 0.6 is 28.1 Å². The van der Waals surface area contributed by atoms with Gasteiger partial charge in [0, 0.05) is 28.5 Å². The van der Waals surface area contributed by atoms with E-state index in [2.05, 4.69) is 26.6 Å². The lowest BCUT2D eigenvalue weighted by molar-refractivity contribution is -0.139. The number of nitrogens with one attached hydrogen (secondary N) is 2. The van der Waals surface area contributed by atoms with Crippen molar-refractivity contribution in [3.63, 3.8) is 0 Å². The van der Waals surface area contributed by atoms with Crippen molar-refractivity contribution in [3.05, 3.63) is 75.4 Å². The van der Waals surface area contributed by atoms with Crippen molar-refractivity contribution in [2.75, 3.05) is 19.0 Å². The van der Waals surface area contributed by atoms with Crippen LogP contribution in [-0.4, -0.2) is 35.5 Å². The highest BCUT2D eigenvalue weighted by molar-refractivity contribution is 9.10. The second-order valence-electron chi connectivity index (χ2n) is 6.75. The first-order chi connectivity index (χ1) is 14.3. The molecule has 2 N–H and O–H groups in total. The van der Waals surface area contributed by atoms with Crippen LogP contribution < -0.4 is 10.6 Å². The second-order valence-corrected chi connectivity index (χ2v) is 8.05. The molecular weight excluding hydrogens is 466 g/mol. The van der Waals surface area contributed by atoms with E-state index in [0.29, 0.717) is 21.9 Å². The van der Waals surface area contributed by atoms with Gasteiger partial charge in [0.15, 0.2) is 5.11 Å². The van der Waals surface area contributed by atoms with Crippen LogP contribution in [0.5, 0.6) is 0 Å².